The van der Waals surface area contributed by atoms with Crippen molar-refractivity contribution >= 4 is 11.4 Å². The van der Waals surface area contributed by atoms with Gasteiger partial charge in [0.25, 0.3) is 0 Å². The predicted molar refractivity (Wildman–Crippen MR) is 74.8 cm³/mol. The molecule has 0 fully saturated rings. The summed E-state index contributed by atoms with van der Waals surface area (Å²) < 4.78 is 18.9. The third-order valence-corrected chi connectivity index (χ3v) is 3.52. The molecule has 18 heavy (non-hydrogen) atoms. The lowest BCUT2D eigenvalue weighted by atomic mass is 9.99. The van der Waals surface area contributed by atoms with Gasteiger partial charge in [-0.1, -0.05) is 6.92 Å². The standard InChI is InChI=1S/C14H23FN2O/c1-6-14(3,4)17(5)12-9-13(18-7-2)10(15)8-11(12)16/h8-9H,6-7,16H2,1-5H3. The van der Waals surface area contributed by atoms with Gasteiger partial charge in [0.2, 0.25) is 0 Å². The van der Waals surface area contributed by atoms with E-state index in [4.69, 9.17) is 10.5 Å². The monoisotopic (exact) mass is 254 g/mol. The summed E-state index contributed by atoms with van der Waals surface area (Å²) in [5.41, 5.74) is 7.08. The van der Waals surface area contributed by atoms with Gasteiger partial charge in [0, 0.05) is 24.7 Å². The van der Waals surface area contributed by atoms with E-state index in [1.54, 1.807) is 6.07 Å². The van der Waals surface area contributed by atoms with E-state index in [-0.39, 0.29) is 11.3 Å². The van der Waals surface area contributed by atoms with E-state index < -0.39 is 5.82 Å². The Morgan fingerprint density at radius 1 is 1.33 bits per heavy atom. The molecule has 0 saturated heterocycles. The van der Waals surface area contributed by atoms with Crippen LogP contribution in [0.15, 0.2) is 12.1 Å². The summed E-state index contributed by atoms with van der Waals surface area (Å²) in [7, 11) is 1.96. The van der Waals surface area contributed by atoms with Gasteiger partial charge in [0.15, 0.2) is 11.6 Å². The van der Waals surface area contributed by atoms with Crippen LogP contribution in [0.5, 0.6) is 5.75 Å². The average molecular weight is 254 g/mol. The van der Waals surface area contributed by atoms with E-state index in [0.29, 0.717) is 12.3 Å². The fourth-order valence-electron chi connectivity index (χ4n) is 1.68. The van der Waals surface area contributed by atoms with Crippen molar-refractivity contribution in [2.24, 2.45) is 0 Å². The molecule has 0 aliphatic rings. The molecule has 0 spiro atoms. The highest BCUT2D eigenvalue weighted by Crippen LogP contribution is 2.34. The zero-order chi connectivity index (χ0) is 13.9. The van der Waals surface area contributed by atoms with Crippen LogP contribution in [0.25, 0.3) is 0 Å². The summed E-state index contributed by atoms with van der Waals surface area (Å²) in [4.78, 5) is 2.06. The van der Waals surface area contributed by atoms with Crippen molar-refractivity contribution in [2.75, 3.05) is 24.3 Å². The molecular formula is C14H23FN2O. The first-order valence-corrected chi connectivity index (χ1v) is 6.29. The molecule has 4 heteroatoms. The molecule has 0 aliphatic carbocycles. The number of benzene rings is 1. The Balaban J connectivity index is 3.20. The lowest BCUT2D eigenvalue weighted by molar-refractivity contribution is 0.321. The SMILES string of the molecule is CCOc1cc(N(C)C(C)(C)CC)c(N)cc1F. The van der Waals surface area contributed by atoms with Crippen LogP contribution in [-0.4, -0.2) is 19.2 Å². The van der Waals surface area contributed by atoms with Gasteiger partial charge >= 0.3 is 0 Å². The second kappa shape index (κ2) is 5.46. The van der Waals surface area contributed by atoms with Crippen LogP contribution in [0.2, 0.25) is 0 Å². The first kappa shape index (κ1) is 14.6. The molecule has 1 rings (SSSR count). The molecule has 102 valence electrons. The molecule has 0 aliphatic heterocycles. The summed E-state index contributed by atoms with van der Waals surface area (Å²) >= 11 is 0. The molecule has 1 aromatic carbocycles. The molecule has 1 aromatic rings. The highest BCUT2D eigenvalue weighted by Gasteiger charge is 2.24. The fraction of sp³-hybridized carbons (Fsp3) is 0.571. The van der Waals surface area contributed by atoms with E-state index in [1.807, 2.05) is 14.0 Å². The molecule has 0 saturated carbocycles. The minimum Gasteiger partial charge on any atom is -0.491 e. The highest BCUT2D eigenvalue weighted by atomic mass is 19.1. The van der Waals surface area contributed by atoms with Crippen molar-refractivity contribution in [3.05, 3.63) is 17.9 Å². The van der Waals surface area contributed by atoms with Crippen molar-refractivity contribution in [3.63, 3.8) is 0 Å². The molecule has 0 unspecified atom stereocenters. The summed E-state index contributed by atoms with van der Waals surface area (Å²) in [6.07, 6.45) is 0.963. The van der Waals surface area contributed by atoms with Crippen LogP contribution in [-0.2, 0) is 0 Å². The summed E-state index contributed by atoms with van der Waals surface area (Å²) in [6.45, 7) is 8.61. The Labute approximate surface area is 109 Å². The molecule has 0 atom stereocenters. The Morgan fingerprint density at radius 2 is 1.94 bits per heavy atom. The van der Waals surface area contributed by atoms with Crippen LogP contribution < -0.4 is 15.4 Å². The largest absolute Gasteiger partial charge is 0.491 e. The van der Waals surface area contributed by atoms with Crippen molar-refractivity contribution in [3.8, 4) is 5.75 Å². The van der Waals surface area contributed by atoms with Crippen molar-refractivity contribution < 1.29 is 9.13 Å². The van der Waals surface area contributed by atoms with Crippen LogP contribution in [0.4, 0.5) is 15.8 Å². The van der Waals surface area contributed by atoms with E-state index >= 15 is 0 Å². The normalized spacial score (nSPS) is 11.4. The Morgan fingerprint density at radius 3 is 2.44 bits per heavy atom. The molecular weight excluding hydrogens is 231 g/mol. The Bertz CT molecular complexity index is 419. The number of rotatable bonds is 5. The van der Waals surface area contributed by atoms with Gasteiger partial charge in [-0.15, -0.1) is 0 Å². The molecule has 0 radical (unpaired) electrons. The lowest BCUT2D eigenvalue weighted by Crippen LogP contribution is -2.40. The zero-order valence-electron chi connectivity index (χ0n) is 11.9. The van der Waals surface area contributed by atoms with Crippen molar-refractivity contribution in [1.82, 2.24) is 0 Å². The van der Waals surface area contributed by atoms with Crippen molar-refractivity contribution in [2.45, 2.75) is 39.7 Å². The smallest absolute Gasteiger partial charge is 0.167 e. The first-order valence-electron chi connectivity index (χ1n) is 6.29. The molecule has 0 bridgehead atoms. The molecule has 3 nitrogen and oxygen atoms in total. The molecule has 0 heterocycles. The van der Waals surface area contributed by atoms with Gasteiger partial charge in [0.1, 0.15) is 0 Å². The van der Waals surface area contributed by atoms with Crippen LogP contribution >= 0.6 is 0 Å². The van der Waals surface area contributed by atoms with Crippen LogP contribution in [0.1, 0.15) is 34.1 Å². The second-order valence-corrected chi connectivity index (χ2v) is 5.00. The van der Waals surface area contributed by atoms with E-state index in [1.165, 1.54) is 6.07 Å². The summed E-state index contributed by atoms with van der Waals surface area (Å²) in [6, 6.07) is 2.99. The number of ether oxygens (including phenoxy) is 1. The van der Waals surface area contributed by atoms with Crippen LogP contribution in [0, 0.1) is 5.82 Å². The van der Waals surface area contributed by atoms with Gasteiger partial charge in [-0.2, -0.15) is 0 Å². The lowest BCUT2D eigenvalue weighted by Gasteiger charge is -2.37. The third kappa shape index (κ3) is 2.86. The maximum absolute atomic E-state index is 13.6. The topological polar surface area (TPSA) is 38.5 Å². The highest BCUT2D eigenvalue weighted by molar-refractivity contribution is 5.70. The number of nitrogen functional groups attached to an aromatic ring is 1. The third-order valence-electron chi connectivity index (χ3n) is 3.52. The molecule has 2 N–H and O–H groups in total. The van der Waals surface area contributed by atoms with Gasteiger partial charge in [-0.05, 0) is 27.2 Å². The zero-order valence-corrected chi connectivity index (χ0v) is 11.9. The maximum Gasteiger partial charge on any atom is 0.167 e. The van der Waals surface area contributed by atoms with E-state index in [0.717, 1.165) is 12.1 Å². The predicted octanol–water partition coefficient (Wildman–Crippen LogP) is 3.43. The number of halogens is 1. The fourth-order valence-corrected chi connectivity index (χ4v) is 1.68. The molecule has 0 amide bonds. The van der Waals surface area contributed by atoms with Gasteiger partial charge in [-0.25, -0.2) is 4.39 Å². The van der Waals surface area contributed by atoms with E-state index in [2.05, 4.69) is 25.7 Å². The van der Waals surface area contributed by atoms with Crippen molar-refractivity contribution in [1.29, 1.82) is 0 Å². The van der Waals surface area contributed by atoms with Gasteiger partial charge in [0.05, 0.1) is 18.0 Å². The quantitative estimate of drug-likeness (QED) is 0.818. The Kier molecular flexibility index (Phi) is 4.43. The van der Waals surface area contributed by atoms with Gasteiger partial charge in [-0.3, -0.25) is 0 Å². The van der Waals surface area contributed by atoms with E-state index in [9.17, 15) is 4.39 Å². The van der Waals surface area contributed by atoms with Gasteiger partial charge < -0.3 is 15.4 Å². The maximum atomic E-state index is 13.6. The number of nitrogens with zero attached hydrogens (tertiary/aromatic N) is 1. The van der Waals surface area contributed by atoms with Crippen LogP contribution in [0.3, 0.4) is 0 Å². The number of nitrogens with two attached hydrogens (primary N) is 1. The summed E-state index contributed by atoms with van der Waals surface area (Å²) in [5.74, 6) is -0.166. The summed E-state index contributed by atoms with van der Waals surface area (Å²) in [5, 5.41) is 0. The second-order valence-electron chi connectivity index (χ2n) is 5.00. The number of hydrogen-bond acceptors (Lipinski definition) is 3. The minimum absolute atomic E-state index is 0.0462. The Hall–Kier alpha value is -1.45. The average Bonchev–Trinajstić information content (AvgIpc) is 2.32. The number of anilines is 2. The minimum atomic E-state index is -0.416. The molecule has 0 aromatic heterocycles. The first-order chi connectivity index (χ1) is 8.33. The number of hydrogen-bond donors (Lipinski definition) is 1.